The average Bonchev–Trinajstić information content (AvgIpc) is 2.70. The Kier molecular flexibility index (Phi) is 6.54. The first-order valence-corrected chi connectivity index (χ1v) is 9.63. The average molecular weight is 402 g/mol. The second-order valence-electron chi connectivity index (χ2n) is 6.75. The Labute approximate surface area is 169 Å². The molecule has 2 aromatic carbocycles. The van der Waals surface area contributed by atoms with Crippen LogP contribution in [0.15, 0.2) is 42.5 Å². The lowest BCUT2D eigenvalue weighted by molar-refractivity contribution is 0.0302. The van der Waals surface area contributed by atoms with Crippen LogP contribution < -0.4 is 10.6 Å². The third kappa shape index (κ3) is 4.82. The molecule has 1 fully saturated rings. The molecular weight excluding hydrogens is 378 g/mol. The van der Waals surface area contributed by atoms with E-state index in [0.29, 0.717) is 42.6 Å². The van der Waals surface area contributed by atoms with Crippen LogP contribution in [0.1, 0.15) is 34.5 Å². The number of hydrogen-bond donors (Lipinski definition) is 2. The lowest BCUT2D eigenvalue weighted by Crippen LogP contribution is -2.41. The minimum atomic E-state index is -0.332. The van der Waals surface area contributed by atoms with Crippen molar-refractivity contribution < 1.29 is 14.3 Å². The molecule has 3 rings (SSSR count). The van der Waals surface area contributed by atoms with Crippen LogP contribution in [0.5, 0.6) is 0 Å². The molecule has 0 aliphatic carbocycles. The number of nitrogens with one attached hydrogen (secondary N) is 2. The normalized spacial score (nSPS) is 15.0. The summed E-state index contributed by atoms with van der Waals surface area (Å²) in [5.41, 5.74) is 2.89. The number of ether oxygens (including phenoxy) is 1. The van der Waals surface area contributed by atoms with Gasteiger partial charge in [-0.25, -0.2) is 4.79 Å². The minimum Gasteiger partial charge on any atom is -0.378 e. The number of morpholine rings is 1. The largest absolute Gasteiger partial charge is 0.378 e. The van der Waals surface area contributed by atoms with Crippen LogP contribution >= 0.6 is 11.6 Å². The minimum absolute atomic E-state index is 0.0422. The zero-order valence-electron chi connectivity index (χ0n) is 16.0. The van der Waals surface area contributed by atoms with E-state index in [1.54, 1.807) is 35.2 Å². The highest BCUT2D eigenvalue weighted by Gasteiger charge is 2.21. The van der Waals surface area contributed by atoms with Crippen LogP contribution in [0.25, 0.3) is 0 Å². The van der Waals surface area contributed by atoms with Gasteiger partial charge in [0.25, 0.3) is 5.91 Å². The van der Waals surface area contributed by atoms with Gasteiger partial charge in [-0.2, -0.15) is 0 Å². The summed E-state index contributed by atoms with van der Waals surface area (Å²) >= 11 is 5.91. The Morgan fingerprint density at radius 2 is 1.79 bits per heavy atom. The van der Waals surface area contributed by atoms with E-state index in [-0.39, 0.29) is 18.0 Å². The number of anilines is 1. The van der Waals surface area contributed by atoms with E-state index >= 15 is 0 Å². The third-order valence-corrected chi connectivity index (χ3v) is 5.08. The standard InChI is InChI=1S/C21H24ClN3O3/c1-14-18(20(26)25-10-12-28-13-11-25)4-3-5-19(14)24-21(27)23-15(2)16-6-8-17(22)9-7-16/h3-9,15H,10-13H2,1-2H3,(H2,23,24,27). The number of halogens is 1. The van der Waals surface area contributed by atoms with Crippen molar-refractivity contribution in [2.75, 3.05) is 31.6 Å². The SMILES string of the molecule is Cc1c(NC(=O)NC(C)c2ccc(Cl)cc2)cccc1C(=O)N1CCOCC1. The van der Waals surface area contributed by atoms with Gasteiger partial charge < -0.3 is 20.3 Å². The van der Waals surface area contributed by atoms with E-state index in [1.165, 1.54) is 0 Å². The number of urea groups is 1. The van der Waals surface area contributed by atoms with Gasteiger partial charge in [0.2, 0.25) is 0 Å². The highest BCUT2D eigenvalue weighted by molar-refractivity contribution is 6.30. The summed E-state index contributed by atoms with van der Waals surface area (Å²) < 4.78 is 5.31. The summed E-state index contributed by atoms with van der Waals surface area (Å²) in [5, 5.41) is 6.40. The van der Waals surface area contributed by atoms with E-state index in [1.807, 2.05) is 26.0 Å². The van der Waals surface area contributed by atoms with E-state index in [4.69, 9.17) is 16.3 Å². The van der Waals surface area contributed by atoms with Crippen molar-refractivity contribution in [2.24, 2.45) is 0 Å². The van der Waals surface area contributed by atoms with Crippen LogP contribution in [0.4, 0.5) is 10.5 Å². The fourth-order valence-electron chi connectivity index (χ4n) is 3.13. The van der Waals surface area contributed by atoms with Gasteiger partial charge in [-0.15, -0.1) is 0 Å². The quantitative estimate of drug-likeness (QED) is 0.813. The van der Waals surface area contributed by atoms with Gasteiger partial charge in [-0.05, 0) is 49.2 Å². The van der Waals surface area contributed by atoms with Gasteiger partial charge in [0.05, 0.1) is 19.3 Å². The lowest BCUT2D eigenvalue weighted by Gasteiger charge is -2.27. The molecule has 0 radical (unpaired) electrons. The van der Waals surface area contributed by atoms with E-state index in [2.05, 4.69) is 10.6 Å². The van der Waals surface area contributed by atoms with Crippen LogP contribution in [0.3, 0.4) is 0 Å². The zero-order valence-corrected chi connectivity index (χ0v) is 16.8. The van der Waals surface area contributed by atoms with Gasteiger partial charge in [-0.3, -0.25) is 4.79 Å². The molecule has 28 heavy (non-hydrogen) atoms. The van der Waals surface area contributed by atoms with Crippen LogP contribution in [-0.2, 0) is 4.74 Å². The first-order valence-electron chi connectivity index (χ1n) is 9.25. The van der Waals surface area contributed by atoms with Crippen molar-refractivity contribution in [3.05, 3.63) is 64.2 Å². The van der Waals surface area contributed by atoms with Gasteiger partial charge in [0.1, 0.15) is 0 Å². The maximum Gasteiger partial charge on any atom is 0.319 e. The molecule has 1 aliphatic rings. The summed E-state index contributed by atoms with van der Waals surface area (Å²) in [5.74, 6) is -0.0422. The summed E-state index contributed by atoms with van der Waals surface area (Å²) in [6.07, 6.45) is 0. The van der Waals surface area contributed by atoms with Gasteiger partial charge in [0, 0.05) is 29.4 Å². The lowest BCUT2D eigenvalue weighted by atomic mass is 10.1. The Hall–Kier alpha value is -2.57. The number of rotatable bonds is 4. The molecule has 0 saturated carbocycles. The van der Waals surface area contributed by atoms with Gasteiger partial charge in [0.15, 0.2) is 0 Å². The first kappa shape index (κ1) is 20.2. The molecule has 1 atom stereocenters. The predicted molar refractivity (Wildman–Crippen MR) is 110 cm³/mol. The molecule has 1 unspecified atom stereocenters. The molecule has 3 amide bonds. The smallest absolute Gasteiger partial charge is 0.319 e. The van der Waals surface area contributed by atoms with Crippen LogP contribution in [-0.4, -0.2) is 43.1 Å². The zero-order chi connectivity index (χ0) is 20.1. The Bertz CT molecular complexity index is 848. The van der Waals surface area contributed by atoms with Crippen molar-refractivity contribution in [1.29, 1.82) is 0 Å². The van der Waals surface area contributed by atoms with E-state index < -0.39 is 0 Å². The maximum absolute atomic E-state index is 12.8. The molecule has 148 valence electrons. The second kappa shape index (κ2) is 9.08. The molecule has 0 spiro atoms. The van der Waals surface area contributed by atoms with Crippen LogP contribution in [0.2, 0.25) is 5.02 Å². The Morgan fingerprint density at radius 1 is 1.11 bits per heavy atom. The Morgan fingerprint density at radius 3 is 2.46 bits per heavy atom. The molecule has 0 aromatic heterocycles. The highest BCUT2D eigenvalue weighted by atomic mass is 35.5. The molecule has 1 aliphatic heterocycles. The predicted octanol–water partition coefficient (Wildman–Crippen LogP) is 4.00. The van der Waals surface area contributed by atoms with E-state index in [9.17, 15) is 9.59 Å². The third-order valence-electron chi connectivity index (χ3n) is 4.83. The van der Waals surface area contributed by atoms with Gasteiger partial charge >= 0.3 is 6.03 Å². The number of carbonyl (C=O) groups is 2. The number of nitrogens with zero attached hydrogens (tertiary/aromatic N) is 1. The topological polar surface area (TPSA) is 70.7 Å². The number of amides is 3. The molecule has 2 aromatic rings. The van der Waals surface area contributed by atoms with Gasteiger partial charge in [-0.1, -0.05) is 29.8 Å². The molecule has 0 bridgehead atoms. The van der Waals surface area contributed by atoms with Crippen molar-refractivity contribution in [2.45, 2.75) is 19.9 Å². The number of carbonyl (C=O) groups excluding carboxylic acids is 2. The van der Waals surface area contributed by atoms with Crippen LogP contribution in [0, 0.1) is 6.92 Å². The second-order valence-corrected chi connectivity index (χ2v) is 7.19. The van der Waals surface area contributed by atoms with E-state index in [0.717, 1.165) is 11.1 Å². The molecule has 6 nitrogen and oxygen atoms in total. The Balaban J connectivity index is 1.67. The summed E-state index contributed by atoms with van der Waals surface area (Å²) in [7, 11) is 0. The summed E-state index contributed by atoms with van der Waals surface area (Å²) in [6.45, 7) is 5.99. The fraction of sp³-hybridized carbons (Fsp3) is 0.333. The van der Waals surface area contributed by atoms with Crippen molar-refractivity contribution >= 4 is 29.2 Å². The summed E-state index contributed by atoms with van der Waals surface area (Å²) in [4.78, 5) is 27.0. The maximum atomic E-state index is 12.8. The molecular formula is C21H24ClN3O3. The monoisotopic (exact) mass is 401 g/mol. The van der Waals surface area contributed by atoms with Crippen molar-refractivity contribution in [3.8, 4) is 0 Å². The molecule has 1 saturated heterocycles. The summed E-state index contributed by atoms with van der Waals surface area (Å²) in [6, 6.07) is 12.2. The number of benzene rings is 2. The molecule has 2 N–H and O–H groups in total. The number of hydrogen-bond acceptors (Lipinski definition) is 3. The molecule has 7 heteroatoms. The van der Waals surface area contributed by atoms with Crippen molar-refractivity contribution in [3.63, 3.8) is 0 Å². The fourth-order valence-corrected chi connectivity index (χ4v) is 3.26. The first-order chi connectivity index (χ1) is 13.5. The van der Waals surface area contributed by atoms with Crippen molar-refractivity contribution in [1.82, 2.24) is 10.2 Å². The highest BCUT2D eigenvalue weighted by Crippen LogP contribution is 2.22. The molecule has 1 heterocycles.